The summed E-state index contributed by atoms with van der Waals surface area (Å²) in [6.07, 6.45) is -0.106. The number of benzene rings is 1. The van der Waals surface area contributed by atoms with Gasteiger partial charge in [-0.15, -0.1) is 0 Å². The molecule has 0 fully saturated rings. The Labute approximate surface area is 182 Å². The Hall–Kier alpha value is -2.23. The maximum Gasteiger partial charge on any atom is 0.513 e. The number of methoxy groups -OCH3 is 1. The molecule has 1 aliphatic heterocycles. The van der Waals surface area contributed by atoms with Gasteiger partial charge in [0.2, 0.25) is 0 Å². The summed E-state index contributed by atoms with van der Waals surface area (Å²) in [6.45, 7) is 0. The molecule has 0 spiro atoms. The molecule has 29 heavy (non-hydrogen) atoms. The van der Waals surface area contributed by atoms with E-state index in [-0.39, 0.29) is 27.6 Å². The first kappa shape index (κ1) is 21.5. The van der Waals surface area contributed by atoms with Crippen molar-refractivity contribution in [3.63, 3.8) is 0 Å². The Bertz CT molecular complexity index is 1030. The molecule has 0 radical (unpaired) electrons. The van der Waals surface area contributed by atoms with Gasteiger partial charge in [0, 0.05) is 27.0 Å². The molecule has 0 aliphatic carbocycles. The number of nitrogens with zero attached hydrogens (tertiary/aromatic N) is 2. The molecule has 2 aromatic rings. The highest BCUT2D eigenvalue weighted by molar-refractivity contribution is 9.09. The summed E-state index contributed by atoms with van der Waals surface area (Å²) in [4.78, 5) is 19.9. The van der Waals surface area contributed by atoms with Crippen molar-refractivity contribution in [2.75, 3.05) is 12.4 Å². The second-order valence-corrected chi connectivity index (χ2v) is 7.09. The number of rotatable bonds is 4. The monoisotopic (exact) mass is 505 g/mol. The van der Waals surface area contributed by atoms with Crippen molar-refractivity contribution in [3.05, 3.63) is 74.9 Å². The lowest BCUT2D eigenvalue weighted by Crippen LogP contribution is -2.34. The number of halogens is 5. The number of ether oxygens (including phenoxy) is 2. The van der Waals surface area contributed by atoms with E-state index in [9.17, 15) is 13.6 Å². The van der Waals surface area contributed by atoms with Crippen LogP contribution in [0.2, 0.25) is 10.0 Å². The van der Waals surface area contributed by atoms with Gasteiger partial charge in [0.05, 0.1) is 19.0 Å². The van der Waals surface area contributed by atoms with Crippen LogP contribution in [0.15, 0.2) is 46.9 Å². The number of pyridine rings is 1. The van der Waals surface area contributed by atoms with E-state index in [1.165, 1.54) is 6.07 Å². The zero-order chi connectivity index (χ0) is 21.1. The molecule has 0 saturated carbocycles. The van der Waals surface area contributed by atoms with Gasteiger partial charge in [-0.1, -0.05) is 45.2 Å². The van der Waals surface area contributed by atoms with E-state index in [0.717, 1.165) is 13.3 Å². The van der Waals surface area contributed by atoms with Crippen LogP contribution in [-0.2, 0) is 9.47 Å². The van der Waals surface area contributed by atoms with Crippen molar-refractivity contribution in [2.24, 2.45) is 4.99 Å². The van der Waals surface area contributed by atoms with Crippen LogP contribution in [0, 0.1) is 11.6 Å². The lowest BCUT2D eigenvalue weighted by molar-refractivity contribution is 0.0913. The minimum atomic E-state index is -0.972. The fourth-order valence-electron chi connectivity index (χ4n) is 2.58. The first-order chi connectivity index (χ1) is 13.8. The van der Waals surface area contributed by atoms with Crippen LogP contribution in [0.5, 0.6) is 0 Å². The first-order valence-electron chi connectivity index (χ1n) is 8.00. The predicted octanol–water partition coefficient (Wildman–Crippen LogP) is 5.15. The van der Waals surface area contributed by atoms with Crippen LogP contribution in [0.1, 0.15) is 17.3 Å². The summed E-state index contributed by atoms with van der Waals surface area (Å²) < 4.78 is 37.4. The number of alkyl halides is 1. The molecule has 1 unspecified atom stereocenters. The van der Waals surface area contributed by atoms with Gasteiger partial charge in [-0.05, 0) is 12.1 Å². The molecule has 1 N–H and O–H groups in total. The average molecular weight is 507 g/mol. The number of hydrogen-bond acceptors (Lipinski definition) is 6. The molecule has 152 valence electrons. The molecule has 0 amide bonds. The molecule has 0 bridgehead atoms. The summed E-state index contributed by atoms with van der Waals surface area (Å²) in [7, 11) is 1.16. The molecule has 2 heterocycles. The van der Waals surface area contributed by atoms with E-state index in [2.05, 4.69) is 36.0 Å². The van der Waals surface area contributed by atoms with Crippen LogP contribution in [-0.4, -0.2) is 29.4 Å². The molecular formula is C18H12BrCl2F2N3O3. The number of carbonyl (C=O) groups is 1. The summed E-state index contributed by atoms with van der Waals surface area (Å²) in [5, 5.41) is 3.67. The van der Waals surface area contributed by atoms with Crippen molar-refractivity contribution in [3.8, 4) is 0 Å². The largest absolute Gasteiger partial charge is 0.513 e. The molecular weight excluding hydrogens is 495 g/mol. The number of aliphatic imine (C=N–C) groups is 1. The van der Waals surface area contributed by atoms with E-state index >= 15 is 0 Å². The topological polar surface area (TPSA) is 72.8 Å². The van der Waals surface area contributed by atoms with Crippen molar-refractivity contribution < 1.29 is 23.0 Å². The van der Waals surface area contributed by atoms with E-state index < -0.39 is 23.8 Å². The summed E-state index contributed by atoms with van der Waals surface area (Å²) in [6, 6.07) is 4.42. The van der Waals surface area contributed by atoms with Gasteiger partial charge < -0.3 is 14.8 Å². The Morgan fingerprint density at radius 3 is 2.69 bits per heavy atom. The van der Waals surface area contributed by atoms with Gasteiger partial charge in [0.25, 0.3) is 0 Å². The highest BCUT2D eigenvalue weighted by Crippen LogP contribution is 2.37. The number of carbonyl (C=O) groups excluding carboxylic acids is 1. The van der Waals surface area contributed by atoms with E-state index in [1.54, 1.807) is 12.1 Å². The average Bonchev–Trinajstić information content (AvgIpc) is 2.68. The number of amidine groups is 1. The molecule has 6 nitrogen and oxygen atoms in total. The highest BCUT2D eigenvalue weighted by atomic mass is 79.9. The minimum Gasteiger partial charge on any atom is -0.437 e. The smallest absolute Gasteiger partial charge is 0.437 e. The fourth-order valence-corrected chi connectivity index (χ4v) is 3.51. The van der Waals surface area contributed by atoms with Crippen molar-refractivity contribution in [2.45, 2.75) is 6.04 Å². The molecule has 1 aromatic heterocycles. The lowest BCUT2D eigenvalue weighted by Gasteiger charge is -2.27. The van der Waals surface area contributed by atoms with E-state index in [1.807, 2.05) is 0 Å². The Morgan fingerprint density at radius 2 is 2.07 bits per heavy atom. The fraction of sp³-hybridized carbons (Fsp3) is 0.167. The van der Waals surface area contributed by atoms with Gasteiger partial charge >= 0.3 is 6.16 Å². The standard InChI is InChI=1S/C18H12BrCl2F2N3O3/c1-28-18(27)29-16-13(6-19)25-17(15-12(23)5-9(22)7-24-15)26-14(16)10-3-2-8(20)4-11(10)21/h2-5,7,14H,6H2,1H3,(H,25,26). The van der Waals surface area contributed by atoms with Gasteiger partial charge in [-0.25, -0.2) is 23.6 Å². The third kappa shape index (κ3) is 4.68. The predicted molar refractivity (Wildman–Crippen MR) is 107 cm³/mol. The second kappa shape index (κ2) is 9.06. The summed E-state index contributed by atoms with van der Waals surface area (Å²) in [5.41, 5.74) is 0.578. The molecule has 1 aliphatic rings. The third-order valence-electron chi connectivity index (χ3n) is 3.86. The number of hydrogen-bond donors (Lipinski definition) is 1. The third-order valence-corrected chi connectivity index (χ3v) is 4.98. The van der Waals surface area contributed by atoms with Crippen molar-refractivity contribution in [1.82, 2.24) is 10.3 Å². The zero-order valence-electron chi connectivity index (χ0n) is 14.7. The number of allylic oxidation sites excluding steroid dienone is 1. The molecule has 11 heteroatoms. The quantitative estimate of drug-likeness (QED) is 0.458. The molecule has 3 rings (SSSR count). The molecule has 1 atom stereocenters. The number of aromatic nitrogens is 1. The number of nitrogens with one attached hydrogen (secondary N) is 1. The van der Waals surface area contributed by atoms with Gasteiger partial charge in [0.15, 0.2) is 17.4 Å². The Morgan fingerprint density at radius 1 is 1.31 bits per heavy atom. The Kier molecular flexibility index (Phi) is 6.71. The summed E-state index contributed by atoms with van der Waals surface area (Å²) in [5.74, 6) is -1.65. The van der Waals surface area contributed by atoms with Gasteiger partial charge in [0.1, 0.15) is 17.6 Å². The highest BCUT2D eigenvalue weighted by Gasteiger charge is 2.32. The van der Waals surface area contributed by atoms with E-state index in [4.69, 9.17) is 27.9 Å². The van der Waals surface area contributed by atoms with Gasteiger partial charge in [-0.3, -0.25) is 0 Å². The maximum atomic E-state index is 14.3. The van der Waals surface area contributed by atoms with Crippen LogP contribution in [0.4, 0.5) is 13.6 Å². The molecule has 0 saturated heterocycles. The SMILES string of the molecule is COC(=O)OC1=C(CBr)NC(c2ncc(F)cc2F)=NC1c1ccc(Cl)cc1Cl. The van der Waals surface area contributed by atoms with E-state index in [0.29, 0.717) is 22.3 Å². The van der Waals surface area contributed by atoms with Crippen molar-refractivity contribution >= 4 is 51.1 Å². The maximum absolute atomic E-state index is 14.3. The zero-order valence-corrected chi connectivity index (χ0v) is 17.8. The van der Waals surface area contributed by atoms with Crippen LogP contribution in [0.3, 0.4) is 0 Å². The van der Waals surface area contributed by atoms with Crippen LogP contribution < -0.4 is 5.32 Å². The van der Waals surface area contributed by atoms with Crippen LogP contribution in [0.25, 0.3) is 0 Å². The summed E-state index contributed by atoms with van der Waals surface area (Å²) >= 11 is 15.6. The minimum absolute atomic E-state index is 0.00480. The van der Waals surface area contributed by atoms with Gasteiger partial charge in [-0.2, -0.15) is 0 Å². The molecule has 1 aromatic carbocycles. The normalized spacial score (nSPS) is 16.2. The lowest BCUT2D eigenvalue weighted by atomic mass is 10.0. The van der Waals surface area contributed by atoms with Crippen LogP contribution >= 0.6 is 39.1 Å². The van der Waals surface area contributed by atoms with Crippen molar-refractivity contribution in [1.29, 1.82) is 0 Å². The first-order valence-corrected chi connectivity index (χ1v) is 9.87. The Balaban J connectivity index is 2.16. The second-order valence-electron chi connectivity index (χ2n) is 5.69.